The summed E-state index contributed by atoms with van der Waals surface area (Å²) in [6.45, 7) is 0. The van der Waals surface area contributed by atoms with Crippen molar-refractivity contribution in [3.63, 3.8) is 0 Å². The van der Waals surface area contributed by atoms with Gasteiger partial charge >= 0.3 is 5.97 Å². The van der Waals surface area contributed by atoms with Crippen LogP contribution in [0.1, 0.15) is 32.7 Å². The third kappa shape index (κ3) is 4.43. The zero-order chi connectivity index (χ0) is 21.2. The van der Waals surface area contributed by atoms with Gasteiger partial charge in [0.25, 0.3) is 5.69 Å². The molecule has 0 unspecified atom stereocenters. The van der Waals surface area contributed by atoms with Gasteiger partial charge in [-0.25, -0.2) is 13.2 Å². The summed E-state index contributed by atoms with van der Waals surface area (Å²) in [5, 5.41) is 14.4. The van der Waals surface area contributed by atoms with Gasteiger partial charge in [-0.2, -0.15) is 0 Å². The Morgan fingerprint density at radius 3 is 2.45 bits per heavy atom. The predicted molar refractivity (Wildman–Crippen MR) is 105 cm³/mol. The van der Waals surface area contributed by atoms with Gasteiger partial charge in [-0.05, 0) is 24.6 Å². The van der Waals surface area contributed by atoms with Crippen LogP contribution in [0.2, 0.25) is 0 Å². The second-order valence-corrected chi connectivity index (χ2v) is 8.83. The van der Waals surface area contributed by atoms with Gasteiger partial charge in [-0.1, -0.05) is 18.2 Å². The second kappa shape index (κ2) is 8.00. The molecule has 1 aliphatic rings. The van der Waals surface area contributed by atoms with Crippen molar-refractivity contribution in [3.05, 3.63) is 69.3 Å². The fourth-order valence-corrected chi connectivity index (χ4v) is 4.87. The van der Waals surface area contributed by atoms with Crippen LogP contribution in [-0.2, 0) is 14.6 Å². The predicted octanol–water partition coefficient (Wildman–Crippen LogP) is 2.21. The van der Waals surface area contributed by atoms with Crippen LogP contribution in [0.3, 0.4) is 0 Å². The molecule has 0 spiro atoms. The molecule has 2 aromatic carbocycles. The average molecular weight is 418 g/mol. The van der Waals surface area contributed by atoms with Crippen molar-refractivity contribution in [2.75, 3.05) is 23.9 Å². The molecule has 1 atom stereocenters. The number of nitro benzene ring substituents is 1. The molecule has 29 heavy (non-hydrogen) atoms. The number of hydrogen-bond donors (Lipinski definition) is 1. The highest BCUT2D eigenvalue weighted by Crippen LogP contribution is 2.29. The lowest BCUT2D eigenvalue weighted by molar-refractivity contribution is -0.384. The monoisotopic (exact) mass is 418 g/mol. The number of hydrogen-bond acceptors (Lipinski definition) is 8. The van der Waals surface area contributed by atoms with E-state index in [0.29, 0.717) is 6.42 Å². The van der Waals surface area contributed by atoms with Crippen molar-refractivity contribution in [2.24, 2.45) is 0 Å². The minimum absolute atomic E-state index is 0.0256. The number of nitrogens with one attached hydrogen (secondary N) is 1. The summed E-state index contributed by atoms with van der Waals surface area (Å²) >= 11 is 0. The highest BCUT2D eigenvalue weighted by atomic mass is 32.2. The zero-order valence-corrected chi connectivity index (χ0v) is 16.3. The number of esters is 1. The number of benzene rings is 2. The molecule has 3 rings (SSSR count). The molecule has 1 heterocycles. The molecule has 0 aromatic heterocycles. The Kier molecular flexibility index (Phi) is 5.64. The topological polar surface area (TPSA) is 133 Å². The third-order valence-electron chi connectivity index (χ3n) is 4.63. The molecular formula is C19H18N2O7S. The maximum absolute atomic E-state index is 12.9. The molecule has 0 saturated carbocycles. The van der Waals surface area contributed by atoms with E-state index in [9.17, 15) is 28.1 Å². The summed E-state index contributed by atoms with van der Waals surface area (Å²) in [5.74, 6) is -1.33. The molecule has 152 valence electrons. The number of nitrogens with zero attached hydrogens (tertiary/aromatic N) is 1. The van der Waals surface area contributed by atoms with E-state index in [0.717, 1.165) is 6.07 Å². The summed E-state index contributed by atoms with van der Waals surface area (Å²) in [7, 11) is -1.96. The van der Waals surface area contributed by atoms with Gasteiger partial charge < -0.3 is 10.1 Å². The number of rotatable bonds is 6. The summed E-state index contributed by atoms with van der Waals surface area (Å²) in [4.78, 5) is 35.7. The van der Waals surface area contributed by atoms with Crippen LogP contribution >= 0.6 is 0 Å². The number of carbonyl (C=O) groups excluding carboxylic acids is 2. The molecular weight excluding hydrogens is 400 g/mol. The fourth-order valence-electron chi connectivity index (χ4n) is 3.20. The SMILES string of the molecule is COC(=O)c1ccccc1C(=O)c1ccc(N[C@@H]2CCS(=O)(=O)C2)c([N+](=O)[O-])c1. The first kappa shape index (κ1) is 20.5. The summed E-state index contributed by atoms with van der Waals surface area (Å²) in [6.07, 6.45) is 0.354. The number of nitro groups is 1. The summed E-state index contributed by atoms with van der Waals surface area (Å²) in [6, 6.07) is 9.48. The number of ether oxygens (including phenoxy) is 1. The van der Waals surface area contributed by atoms with Crippen molar-refractivity contribution < 1.29 is 27.7 Å². The lowest BCUT2D eigenvalue weighted by Crippen LogP contribution is -2.21. The second-order valence-electron chi connectivity index (χ2n) is 6.60. The molecule has 9 nitrogen and oxygen atoms in total. The molecule has 1 N–H and O–H groups in total. The van der Waals surface area contributed by atoms with Crippen LogP contribution < -0.4 is 5.32 Å². The Hall–Kier alpha value is -3.27. The van der Waals surface area contributed by atoms with Crippen molar-refractivity contribution in [1.82, 2.24) is 0 Å². The number of methoxy groups -OCH3 is 1. The van der Waals surface area contributed by atoms with Gasteiger partial charge in [0.1, 0.15) is 5.69 Å². The first-order valence-electron chi connectivity index (χ1n) is 8.69. The van der Waals surface area contributed by atoms with E-state index in [1.54, 1.807) is 12.1 Å². The molecule has 1 saturated heterocycles. The Morgan fingerprint density at radius 2 is 1.86 bits per heavy atom. The Labute approximate surface area is 166 Å². The van der Waals surface area contributed by atoms with Crippen LogP contribution in [0, 0.1) is 10.1 Å². The number of ketones is 1. The van der Waals surface area contributed by atoms with Crippen LogP contribution in [0.25, 0.3) is 0 Å². The third-order valence-corrected chi connectivity index (χ3v) is 6.39. The minimum atomic E-state index is -3.15. The molecule has 2 aromatic rings. The van der Waals surface area contributed by atoms with Gasteiger partial charge in [0.05, 0.1) is 29.1 Å². The molecule has 0 amide bonds. The molecule has 0 aliphatic carbocycles. The molecule has 1 fully saturated rings. The van der Waals surface area contributed by atoms with Crippen LogP contribution in [-0.4, -0.2) is 49.8 Å². The summed E-state index contributed by atoms with van der Waals surface area (Å²) < 4.78 is 27.9. The maximum Gasteiger partial charge on any atom is 0.338 e. The van der Waals surface area contributed by atoms with Gasteiger partial charge in [0, 0.05) is 23.2 Å². The molecule has 1 aliphatic heterocycles. The van der Waals surface area contributed by atoms with Gasteiger partial charge in [0.2, 0.25) is 0 Å². The molecule has 0 bridgehead atoms. The summed E-state index contributed by atoms with van der Waals surface area (Å²) in [5.41, 5.74) is -0.0690. The average Bonchev–Trinajstić information content (AvgIpc) is 3.05. The quantitative estimate of drug-likeness (QED) is 0.327. The number of carbonyl (C=O) groups is 2. The van der Waals surface area contributed by atoms with E-state index in [1.165, 1.54) is 31.4 Å². The van der Waals surface area contributed by atoms with Crippen molar-refractivity contribution in [2.45, 2.75) is 12.5 Å². The maximum atomic E-state index is 12.9. The standard InChI is InChI=1S/C19H18N2O7S/c1-28-19(23)15-5-3-2-4-14(15)18(22)12-6-7-16(17(10-12)21(24)25)20-13-8-9-29(26,27)11-13/h2-7,10,13,20H,8-9,11H2,1H3/t13-/m1/s1. The van der Waals surface area contributed by atoms with Gasteiger partial charge in [0.15, 0.2) is 15.6 Å². The van der Waals surface area contributed by atoms with Gasteiger partial charge in [-0.15, -0.1) is 0 Å². The lowest BCUT2D eigenvalue weighted by Gasteiger charge is -2.13. The first-order chi connectivity index (χ1) is 13.7. The van der Waals surface area contributed by atoms with Crippen LogP contribution in [0.5, 0.6) is 0 Å². The van der Waals surface area contributed by atoms with Crippen molar-refractivity contribution in [3.8, 4) is 0 Å². The van der Waals surface area contributed by atoms with E-state index in [2.05, 4.69) is 10.1 Å². The normalized spacial score (nSPS) is 17.5. The largest absolute Gasteiger partial charge is 0.465 e. The van der Waals surface area contributed by atoms with E-state index in [-0.39, 0.29) is 39.6 Å². The van der Waals surface area contributed by atoms with E-state index >= 15 is 0 Å². The molecule has 0 radical (unpaired) electrons. The lowest BCUT2D eigenvalue weighted by atomic mass is 9.97. The van der Waals surface area contributed by atoms with Crippen molar-refractivity contribution in [1.29, 1.82) is 0 Å². The van der Waals surface area contributed by atoms with Crippen LogP contribution in [0.4, 0.5) is 11.4 Å². The van der Waals surface area contributed by atoms with E-state index in [4.69, 9.17) is 0 Å². The van der Waals surface area contributed by atoms with Gasteiger partial charge in [-0.3, -0.25) is 14.9 Å². The van der Waals surface area contributed by atoms with E-state index in [1.807, 2.05) is 0 Å². The first-order valence-corrected chi connectivity index (χ1v) is 10.5. The van der Waals surface area contributed by atoms with E-state index < -0.39 is 32.6 Å². The Morgan fingerprint density at radius 1 is 1.17 bits per heavy atom. The Bertz CT molecular complexity index is 1100. The highest BCUT2D eigenvalue weighted by molar-refractivity contribution is 7.91. The van der Waals surface area contributed by atoms with Crippen molar-refractivity contribution >= 4 is 33.0 Å². The minimum Gasteiger partial charge on any atom is -0.465 e. The highest BCUT2D eigenvalue weighted by Gasteiger charge is 2.30. The Balaban J connectivity index is 1.94. The zero-order valence-electron chi connectivity index (χ0n) is 15.5. The number of anilines is 1. The number of sulfone groups is 1. The fraction of sp³-hybridized carbons (Fsp3) is 0.263. The molecule has 10 heteroatoms. The van der Waals surface area contributed by atoms with Crippen LogP contribution in [0.15, 0.2) is 42.5 Å². The smallest absolute Gasteiger partial charge is 0.338 e.